The van der Waals surface area contributed by atoms with Crippen LogP contribution in [0.25, 0.3) is 0 Å². The summed E-state index contributed by atoms with van der Waals surface area (Å²) in [5.41, 5.74) is 6.18. The second-order valence-electron chi connectivity index (χ2n) is 3.56. The largest absolute Gasteiger partial charge is 0.338 e. The number of hydrogen-bond donors (Lipinski definition) is 2. The summed E-state index contributed by atoms with van der Waals surface area (Å²) >= 11 is 0. The molecule has 3 N–H and O–H groups in total. The molecule has 18 heavy (non-hydrogen) atoms. The Morgan fingerprint density at radius 1 is 1.33 bits per heavy atom. The lowest BCUT2D eigenvalue weighted by Gasteiger charge is -2.09. The lowest BCUT2D eigenvalue weighted by Crippen LogP contribution is -2.43. The minimum atomic E-state index is -1.07. The molecule has 0 spiro atoms. The first kappa shape index (κ1) is 11.9. The maximum atomic E-state index is 12.0. The number of carbonyl (C=O) groups is 4. The highest BCUT2D eigenvalue weighted by molar-refractivity contribution is 6.29. The van der Waals surface area contributed by atoms with Gasteiger partial charge in [-0.2, -0.15) is 4.90 Å². The van der Waals surface area contributed by atoms with Crippen LogP contribution in [-0.4, -0.2) is 29.2 Å². The molecule has 1 aromatic carbocycles. The van der Waals surface area contributed by atoms with E-state index in [2.05, 4.69) is 0 Å². The summed E-state index contributed by atoms with van der Waals surface area (Å²) in [5, 5.41) is 1.75. The first-order valence-electron chi connectivity index (χ1n) is 5.06. The van der Waals surface area contributed by atoms with Gasteiger partial charge in [0.25, 0.3) is 11.8 Å². The van der Waals surface area contributed by atoms with E-state index < -0.39 is 17.8 Å². The molecule has 0 saturated carbocycles. The predicted octanol–water partition coefficient (Wildman–Crippen LogP) is -0.393. The van der Waals surface area contributed by atoms with Gasteiger partial charge in [0, 0.05) is 6.54 Å². The van der Waals surface area contributed by atoms with Gasteiger partial charge < -0.3 is 5.73 Å². The van der Waals surface area contributed by atoms with E-state index in [1.807, 2.05) is 0 Å². The Balaban J connectivity index is 2.50. The van der Waals surface area contributed by atoms with Crippen molar-refractivity contribution in [1.29, 1.82) is 0 Å². The SMILES string of the molecule is NCc1cccc2c1C(=O)N(C(=O)NC=O)C2=O. The third-order valence-electron chi connectivity index (χ3n) is 2.61. The zero-order valence-electron chi connectivity index (χ0n) is 9.17. The van der Waals surface area contributed by atoms with Crippen molar-refractivity contribution in [2.75, 3.05) is 0 Å². The van der Waals surface area contributed by atoms with Gasteiger partial charge in [0.1, 0.15) is 0 Å². The first-order chi connectivity index (χ1) is 8.61. The van der Waals surface area contributed by atoms with Crippen LogP contribution in [0, 0.1) is 0 Å². The molecular weight excluding hydrogens is 238 g/mol. The summed E-state index contributed by atoms with van der Waals surface area (Å²) in [4.78, 5) is 45.9. The number of fused-ring (bicyclic) bond motifs is 1. The van der Waals surface area contributed by atoms with Crippen LogP contribution in [0.15, 0.2) is 18.2 Å². The number of carbonyl (C=O) groups excluding carboxylic acids is 4. The highest BCUT2D eigenvalue weighted by atomic mass is 16.2. The van der Waals surface area contributed by atoms with Gasteiger partial charge in [-0.15, -0.1) is 0 Å². The Bertz CT molecular complexity index is 567. The zero-order valence-corrected chi connectivity index (χ0v) is 9.17. The molecule has 0 fully saturated rings. The maximum Gasteiger partial charge on any atom is 0.338 e. The molecule has 0 bridgehead atoms. The van der Waals surface area contributed by atoms with Crippen molar-refractivity contribution >= 4 is 24.3 Å². The Morgan fingerprint density at radius 2 is 2.06 bits per heavy atom. The number of rotatable bonds is 2. The molecule has 92 valence electrons. The predicted molar refractivity (Wildman–Crippen MR) is 59.4 cm³/mol. The van der Waals surface area contributed by atoms with Crippen molar-refractivity contribution < 1.29 is 19.2 Å². The van der Waals surface area contributed by atoms with Crippen molar-refractivity contribution in [1.82, 2.24) is 10.2 Å². The van der Waals surface area contributed by atoms with Crippen LogP contribution >= 0.6 is 0 Å². The summed E-state index contributed by atoms with van der Waals surface area (Å²) in [6, 6.07) is 3.54. The monoisotopic (exact) mass is 247 g/mol. The lowest BCUT2D eigenvalue weighted by atomic mass is 10.0. The van der Waals surface area contributed by atoms with Gasteiger partial charge in [-0.3, -0.25) is 19.7 Å². The third kappa shape index (κ3) is 1.57. The molecule has 0 radical (unpaired) electrons. The fraction of sp³-hybridized carbons (Fsp3) is 0.0909. The van der Waals surface area contributed by atoms with Gasteiger partial charge >= 0.3 is 6.03 Å². The summed E-state index contributed by atoms with van der Waals surface area (Å²) in [6.45, 7) is 0.0747. The van der Waals surface area contributed by atoms with E-state index in [0.717, 1.165) is 0 Å². The van der Waals surface area contributed by atoms with Crippen molar-refractivity contribution in [3.8, 4) is 0 Å². The molecule has 0 atom stereocenters. The third-order valence-corrected chi connectivity index (χ3v) is 2.61. The Labute approximate surface area is 102 Å². The van der Waals surface area contributed by atoms with Crippen LogP contribution < -0.4 is 11.1 Å². The van der Waals surface area contributed by atoms with Gasteiger partial charge in [0.05, 0.1) is 11.1 Å². The van der Waals surface area contributed by atoms with Crippen molar-refractivity contribution in [3.05, 3.63) is 34.9 Å². The van der Waals surface area contributed by atoms with E-state index in [0.29, 0.717) is 10.5 Å². The fourth-order valence-electron chi connectivity index (χ4n) is 1.82. The number of amides is 5. The highest BCUT2D eigenvalue weighted by Crippen LogP contribution is 2.25. The topological polar surface area (TPSA) is 110 Å². The second kappa shape index (κ2) is 4.38. The van der Waals surface area contributed by atoms with Crippen LogP contribution in [0.5, 0.6) is 0 Å². The number of imide groups is 4. The average molecular weight is 247 g/mol. The summed E-state index contributed by atoms with van der Waals surface area (Å²) < 4.78 is 0. The smallest absolute Gasteiger partial charge is 0.326 e. The van der Waals surface area contributed by atoms with Gasteiger partial charge in [-0.05, 0) is 11.6 Å². The van der Waals surface area contributed by atoms with Gasteiger partial charge in [-0.1, -0.05) is 12.1 Å². The van der Waals surface area contributed by atoms with E-state index in [1.54, 1.807) is 17.4 Å². The molecule has 1 aliphatic rings. The fourth-order valence-corrected chi connectivity index (χ4v) is 1.82. The maximum absolute atomic E-state index is 12.0. The molecule has 5 amide bonds. The Hall–Kier alpha value is -2.54. The molecule has 0 aromatic heterocycles. The minimum Gasteiger partial charge on any atom is -0.326 e. The van der Waals surface area contributed by atoms with Crippen molar-refractivity contribution in [2.24, 2.45) is 5.73 Å². The van der Waals surface area contributed by atoms with Gasteiger partial charge in [-0.25, -0.2) is 4.79 Å². The Kier molecular flexibility index (Phi) is 2.90. The molecule has 1 aromatic rings. The van der Waals surface area contributed by atoms with Crippen molar-refractivity contribution in [2.45, 2.75) is 6.54 Å². The molecule has 0 unspecified atom stereocenters. The standard InChI is InChI=1S/C11H9N3O4/c12-4-6-2-1-3-7-8(6)10(17)14(9(7)16)11(18)13-5-15/h1-3,5H,4,12H2,(H,13,15,18). The van der Waals surface area contributed by atoms with Crippen LogP contribution in [0.1, 0.15) is 26.3 Å². The highest BCUT2D eigenvalue weighted by Gasteiger charge is 2.41. The molecule has 7 nitrogen and oxygen atoms in total. The van der Waals surface area contributed by atoms with E-state index in [-0.39, 0.29) is 24.1 Å². The van der Waals surface area contributed by atoms with Crippen LogP contribution in [0.3, 0.4) is 0 Å². The zero-order chi connectivity index (χ0) is 13.3. The number of nitrogens with one attached hydrogen (secondary N) is 1. The first-order valence-corrected chi connectivity index (χ1v) is 5.06. The van der Waals surface area contributed by atoms with Crippen LogP contribution in [0.4, 0.5) is 4.79 Å². The number of nitrogens with two attached hydrogens (primary N) is 1. The van der Waals surface area contributed by atoms with E-state index in [9.17, 15) is 19.2 Å². The Morgan fingerprint density at radius 3 is 2.67 bits per heavy atom. The van der Waals surface area contributed by atoms with Crippen LogP contribution in [0.2, 0.25) is 0 Å². The number of urea groups is 1. The number of hydrogen-bond acceptors (Lipinski definition) is 5. The number of benzene rings is 1. The molecule has 0 saturated heterocycles. The molecule has 1 aliphatic heterocycles. The van der Waals surface area contributed by atoms with Gasteiger partial charge in [0.2, 0.25) is 6.41 Å². The van der Waals surface area contributed by atoms with E-state index in [1.165, 1.54) is 6.07 Å². The average Bonchev–Trinajstić information content (AvgIpc) is 2.62. The minimum absolute atomic E-state index is 0.0747. The molecule has 0 aliphatic carbocycles. The second-order valence-corrected chi connectivity index (χ2v) is 3.56. The van der Waals surface area contributed by atoms with Gasteiger partial charge in [0.15, 0.2) is 0 Å². The normalized spacial score (nSPS) is 13.5. The molecule has 7 heteroatoms. The van der Waals surface area contributed by atoms with Crippen LogP contribution in [-0.2, 0) is 11.3 Å². The molecule has 1 heterocycles. The van der Waals surface area contributed by atoms with E-state index in [4.69, 9.17) is 5.73 Å². The summed E-state index contributed by atoms with van der Waals surface area (Å²) in [6.07, 6.45) is 0.107. The van der Waals surface area contributed by atoms with Crippen molar-refractivity contribution in [3.63, 3.8) is 0 Å². The quantitative estimate of drug-likeness (QED) is 0.546. The number of nitrogens with zero attached hydrogens (tertiary/aromatic N) is 1. The molecule has 2 rings (SSSR count). The summed E-state index contributed by atoms with van der Waals surface area (Å²) in [5.74, 6) is -1.53. The summed E-state index contributed by atoms with van der Waals surface area (Å²) in [7, 11) is 0. The lowest BCUT2D eigenvalue weighted by molar-refractivity contribution is -0.108. The van der Waals surface area contributed by atoms with E-state index >= 15 is 0 Å². The molecular formula is C11H9N3O4.